The minimum atomic E-state index is -2.24. The lowest BCUT2D eigenvalue weighted by molar-refractivity contribution is -0.247. The van der Waals surface area contributed by atoms with Crippen LogP contribution >= 0.6 is 0 Å². The van der Waals surface area contributed by atoms with Crippen LogP contribution in [0.2, 0.25) is 0 Å². The molecule has 13 heteroatoms. The summed E-state index contributed by atoms with van der Waals surface area (Å²) in [5.41, 5.74) is 2.37. The van der Waals surface area contributed by atoms with Gasteiger partial charge >= 0.3 is 0 Å². The van der Waals surface area contributed by atoms with E-state index in [-0.39, 0.29) is 34.4 Å². The van der Waals surface area contributed by atoms with Crippen molar-refractivity contribution < 1.29 is 58.9 Å². The number of nitrogens with two attached hydrogens (primary N) is 1. The third-order valence-electron chi connectivity index (χ3n) is 7.81. The molecule has 2 aromatic carbocycles. The zero-order valence-corrected chi connectivity index (χ0v) is 22.3. The van der Waals surface area contributed by atoms with E-state index in [0.29, 0.717) is 0 Å². The second-order valence-electron chi connectivity index (χ2n) is 10.2. The molecule has 0 spiro atoms. The molecule has 1 aliphatic heterocycles. The Morgan fingerprint density at radius 1 is 1.15 bits per heavy atom. The zero-order valence-electron chi connectivity index (χ0n) is 22.3. The molecule has 0 bridgehead atoms. The number of ether oxygens (including phenoxy) is 3. The Morgan fingerprint density at radius 3 is 2.41 bits per heavy atom. The SMILES string of the molecule is C=O.COc1cccc2c1C(=O)c1c(O)c3c(c(O)c1C2=O)C[C@@](O)(C(=O)CO)C[C@@H]3O[C@H]1C[C@H](N)[C@H](O)[C@H](C)O1. The van der Waals surface area contributed by atoms with Crippen molar-refractivity contribution in [2.75, 3.05) is 13.7 Å². The highest BCUT2D eigenvalue weighted by Gasteiger charge is 2.50. The number of hydrogen-bond acceptors (Lipinski definition) is 13. The van der Waals surface area contributed by atoms with Crippen LogP contribution in [-0.4, -0.2) is 93.5 Å². The topological polar surface area (TPSA) is 223 Å². The summed E-state index contributed by atoms with van der Waals surface area (Å²) in [6, 6.07) is 3.64. The van der Waals surface area contributed by atoms with Crippen molar-refractivity contribution in [3.63, 3.8) is 0 Å². The summed E-state index contributed by atoms with van der Waals surface area (Å²) in [6.07, 6.45) is -5.12. The average Bonchev–Trinajstić information content (AvgIpc) is 2.96. The number of phenols is 2. The van der Waals surface area contributed by atoms with Gasteiger partial charge in [0.2, 0.25) is 5.78 Å². The number of phenolic OH excluding ortho intramolecular Hbond substituents is 2. The lowest BCUT2D eigenvalue weighted by atomic mass is 9.72. The highest BCUT2D eigenvalue weighted by molar-refractivity contribution is 6.31. The molecule has 13 nitrogen and oxygen atoms in total. The van der Waals surface area contributed by atoms with Gasteiger partial charge in [0.1, 0.15) is 36.2 Å². The Morgan fingerprint density at radius 2 is 1.80 bits per heavy atom. The van der Waals surface area contributed by atoms with Gasteiger partial charge in [-0.15, -0.1) is 0 Å². The molecule has 0 amide bonds. The van der Waals surface area contributed by atoms with Gasteiger partial charge in [0.25, 0.3) is 0 Å². The van der Waals surface area contributed by atoms with E-state index in [9.17, 15) is 39.9 Å². The first kappa shape index (κ1) is 30.2. The van der Waals surface area contributed by atoms with E-state index in [1.54, 1.807) is 6.92 Å². The summed E-state index contributed by atoms with van der Waals surface area (Å²) in [4.78, 5) is 47.7. The molecule has 1 fully saturated rings. The molecule has 1 heterocycles. The predicted molar refractivity (Wildman–Crippen MR) is 139 cm³/mol. The van der Waals surface area contributed by atoms with Crippen LogP contribution in [0.15, 0.2) is 18.2 Å². The summed E-state index contributed by atoms with van der Waals surface area (Å²) in [5, 5.41) is 53.7. The van der Waals surface area contributed by atoms with Gasteiger partial charge in [-0.05, 0) is 13.0 Å². The maximum Gasteiger partial charge on any atom is 0.202 e. The van der Waals surface area contributed by atoms with Gasteiger partial charge in [-0.2, -0.15) is 0 Å². The number of aromatic hydroxyl groups is 2. The lowest BCUT2D eigenvalue weighted by Gasteiger charge is -2.42. The van der Waals surface area contributed by atoms with Gasteiger partial charge in [-0.1, -0.05) is 12.1 Å². The van der Waals surface area contributed by atoms with Crippen LogP contribution in [0.4, 0.5) is 0 Å². The average molecular weight is 574 g/mol. The Labute approximate surface area is 234 Å². The Kier molecular flexibility index (Phi) is 8.32. The Hall–Kier alpha value is -3.72. The number of aliphatic hydroxyl groups is 3. The van der Waals surface area contributed by atoms with Crippen LogP contribution in [-0.2, 0) is 25.5 Å². The quantitative estimate of drug-likeness (QED) is 0.218. The number of rotatable bonds is 5. The third kappa shape index (κ3) is 4.80. The first-order valence-corrected chi connectivity index (χ1v) is 12.7. The van der Waals surface area contributed by atoms with Crippen LogP contribution in [0.25, 0.3) is 0 Å². The fourth-order valence-corrected chi connectivity index (χ4v) is 5.75. The molecule has 0 unspecified atom stereocenters. The number of carbonyl (C=O) groups excluding carboxylic acids is 4. The van der Waals surface area contributed by atoms with Crippen molar-refractivity contribution >= 4 is 24.1 Å². The van der Waals surface area contributed by atoms with Gasteiger partial charge in [0, 0.05) is 42.0 Å². The van der Waals surface area contributed by atoms with Crippen molar-refractivity contribution in [3.8, 4) is 17.2 Å². The van der Waals surface area contributed by atoms with E-state index in [1.165, 1.54) is 25.3 Å². The zero-order chi connectivity index (χ0) is 30.4. The second kappa shape index (κ2) is 11.3. The molecule has 0 saturated carbocycles. The minimum absolute atomic E-state index is 0.0173. The number of Topliss-reactive ketones (excluding diaryl/α,β-unsaturated/α-hetero) is 1. The normalized spacial score (nSPS) is 28.5. The van der Waals surface area contributed by atoms with Crippen LogP contribution in [0.1, 0.15) is 68.8 Å². The number of ketones is 3. The molecule has 2 aliphatic carbocycles. The summed E-state index contributed by atoms with van der Waals surface area (Å²) in [6.45, 7) is 2.56. The minimum Gasteiger partial charge on any atom is -0.507 e. The predicted octanol–water partition coefficient (Wildman–Crippen LogP) is -0.184. The van der Waals surface area contributed by atoms with E-state index >= 15 is 0 Å². The van der Waals surface area contributed by atoms with Gasteiger partial charge in [0.05, 0.1) is 42.1 Å². The van der Waals surface area contributed by atoms with Crippen LogP contribution in [0.3, 0.4) is 0 Å². The van der Waals surface area contributed by atoms with Crippen LogP contribution in [0, 0.1) is 0 Å². The molecule has 7 N–H and O–H groups in total. The number of methoxy groups -OCH3 is 1. The number of fused-ring (bicyclic) bond motifs is 3. The summed E-state index contributed by atoms with van der Waals surface area (Å²) >= 11 is 0. The fourth-order valence-electron chi connectivity index (χ4n) is 5.75. The van der Waals surface area contributed by atoms with Gasteiger partial charge in [-0.3, -0.25) is 14.4 Å². The van der Waals surface area contributed by atoms with E-state index in [4.69, 9.17) is 24.7 Å². The summed E-state index contributed by atoms with van der Waals surface area (Å²) < 4.78 is 17.0. The Balaban J connectivity index is 0.00000189. The molecule has 0 radical (unpaired) electrons. The van der Waals surface area contributed by atoms with Crippen molar-refractivity contribution in [1.29, 1.82) is 0 Å². The van der Waals surface area contributed by atoms with Crippen molar-refractivity contribution in [1.82, 2.24) is 0 Å². The number of carbonyl (C=O) groups is 4. The van der Waals surface area contributed by atoms with Crippen molar-refractivity contribution in [2.45, 2.75) is 62.4 Å². The van der Waals surface area contributed by atoms with Crippen LogP contribution in [0.5, 0.6) is 17.2 Å². The molecular weight excluding hydrogens is 542 g/mol. The first-order chi connectivity index (χ1) is 19.4. The van der Waals surface area contributed by atoms with Gasteiger partial charge in [-0.25, -0.2) is 0 Å². The molecule has 5 rings (SSSR count). The maximum absolute atomic E-state index is 13.6. The highest BCUT2D eigenvalue weighted by Crippen LogP contribution is 2.52. The monoisotopic (exact) mass is 573 g/mol. The number of hydrogen-bond donors (Lipinski definition) is 6. The smallest absolute Gasteiger partial charge is 0.202 e. The Bertz CT molecular complexity index is 1400. The van der Waals surface area contributed by atoms with E-state index in [1.807, 2.05) is 6.79 Å². The fraction of sp³-hybridized carbons (Fsp3) is 0.429. The molecule has 2 aromatic rings. The highest BCUT2D eigenvalue weighted by atomic mass is 16.7. The van der Waals surface area contributed by atoms with Crippen molar-refractivity contribution in [3.05, 3.63) is 51.6 Å². The van der Waals surface area contributed by atoms with Gasteiger partial charge in [0.15, 0.2) is 17.9 Å². The molecular formula is C28H31NO12. The second-order valence-corrected chi connectivity index (χ2v) is 10.2. The lowest BCUT2D eigenvalue weighted by Crippen LogP contribution is -2.53. The van der Waals surface area contributed by atoms with Gasteiger partial charge < -0.3 is 50.3 Å². The van der Waals surface area contributed by atoms with E-state index < -0.39 is 95.7 Å². The molecule has 3 aliphatic rings. The van der Waals surface area contributed by atoms with Crippen LogP contribution < -0.4 is 10.5 Å². The molecule has 1 saturated heterocycles. The number of aliphatic hydroxyl groups excluding tert-OH is 2. The van der Waals surface area contributed by atoms with E-state index in [0.717, 1.165) is 0 Å². The largest absolute Gasteiger partial charge is 0.507 e. The van der Waals surface area contributed by atoms with Crippen molar-refractivity contribution in [2.24, 2.45) is 5.73 Å². The molecule has 41 heavy (non-hydrogen) atoms. The number of benzene rings is 2. The molecule has 0 aromatic heterocycles. The van der Waals surface area contributed by atoms with E-state index in [2.05, 4.69) is 0 Å². The standard InChI is InChI=1S/C27H29NO11.CH2O/c1-10-22(31)13(28)6-17(38-10)39-15-8-27(36,16(30)9-29)7-12-19(15)26(35)21-20(24(12)33)23(32)11-4-3-5-14(37-2)18(11)25(21)34;1-2/h3-5,10,13,15,17,22,29,31,33,35-36H,6-9,28H2,1-2H3;1H2/t10-,13-,15-,17-,22+,27-;/m0./s1. The molecule has 220 valence electrons. The first-order valence-electron chi connectivity index (χ1n) is 12.7. The molecule has 6 atom stereocenters. The summed E-state index contributed by atoms with van der Waals surface area (Å²) in [5.74, 6) is -3.77. The summed E-state index contributed by atoms with van der Waals surface area (Å²) in [7, 11) is 1.32. The maximum atomic E-state index is 13.6. The third-order valence-corrected chi connectivity index (χ3v) is 7.81.